The van der Waals surface area contributed by atoms with Gasteiger partial charge in [-0.05, 0) is 35.4 Å². The molecule has 0 aliphatic carbocycles. The maximum Gasteiger partial charge on any atom is 0.123 e. The summed E-state index contributed by atoms with van der Waals surface area (Å²) in [5, 5.41) is 0. The lowest BCUT2D eigenvalue weighted by molar-refractivity contribution is 0.623. The third kappa shape index (κ3) is 2.94. The van der Waals surface area contributed by atoms with Crippen LogP contribution in [0.4, 0.5) is 4.39 Å². The third-order valence-electron chi connectivity index (χ3n) is 2.51. The molecular formula is C13H10Br2FN. The zero-order chi connectivity index (χ0) is 12.4. The Morgan fingerprint density at radius 1 is 1.06 bits per heavy atom. The van der Waals surface area contributed by atoms with Crippen molar-refractivity contribution in [3.8, 4) is 0 Å². The predicted molar refractivity (Wildman–Crippen MR) is 74.3 cm³/mol. The van der Waals surface area contributed by atoms with Crippen molar-refractivity contribution in [2.24, 2.45) is 5.73 Å². The standard InChI is InChI=1S/C13H10Br2FN/c14-9-4-5-11(12(15)7-9)13(17)8-2-1-3-10(16)6-8/h1-7,13H,17H2. The third-order valence-corrected chi connectivity index (χ3v) is 3.69. The summed E-state index contributed by atoms with van der Waals surface area (Å²) in [5.41, 5.74) is 7.81. The van der Waals surface area contributed by atoms with Crippen molar-refractivity contribution in [3.05, 3.63) is 68.4 Å². The first-order valence-corrected chi connectivity index (χ1v) is 6.62. The van der Waals surface area contributed by atoms with Crippen LogP contribution in [-0.4, -0.2) is 0 Å². The summed E-state index contributed by atoms with van der Waals surface area (Å²) in [6.07, 6.45) is 0. The van der Waals surface area contributed by atoms with Crippen molar-refractivity contribution < 1.29 is 4.39 Å². The highest BCUT2D eigenvalue weighted by atomic mass is 79.9. The molecule has 0 aliphatic rings. The van der Waals surface area contributed by atoms with Gasteiger partial charge in [-0.1, -0.05) is 50.1 Å². The number of rotatable bonds is 2. The number of halogens is 3. The molecule has 0 saturated heterocycles. The number of benzene rings is 2. The summed E-state index contributed by atoms with van der Waals surface area (Å²) < 4.78 is 15.0. The van der Waals surface area contributed by atoms with Crippen molar-refractivity contribution in [1.82, 2.24) is 0 Å². The van der Waals surface area contributed by atoms with Gasteiger partial charge in [0.05, 0.1) is 6.04 Å². The summed E-state index contributed by atoms with van der Waals surface area (Å²) in [7, 11) is 0. The van der Waals surface area contributed by atoms with Crippen LogP contribution in [0.1, 0.15) is 17.2 Å². The largest absolute Gasteiger partial charge is 0.320 e. The molecule has 2 aromatic carbocycles. The molecule has 0 spiro atoms. The van der Waals surface area contributed by atoms with Gasteiger partial charge in [0.1, 0.15) is 5.82 Å². The van der Waals surface area contributed by atoms with Crippen LogP contribution in [0.15, 0.2) is 51.4 Å². The van der Waals surface area contributed by atoms with Gasteiger partial charge in [0.2, 0.25) is 0 Å². The van der Waals surface area contributed by atoms with E-state index < -0.39 is 0 Å². The van der Waals surface area contributed by atoms with E-state index in [0.717, 1.165) is 20.1 Å². The van der Waals surface area contributed by atoms with Gasteiger partial charge in [0, 0.05) is 8.95 Å². The molecule has 0 bridgehead atoms. The van der Waals surface area contributed by atoms with Crippen molar-refractivity contribution in [2.45, 2.75) is 6.04 Å². The highest BCUT2D eigenvalue weighted by molar-refractivity contribution is 9.11. The summed E-state index contributed by atoms with van der Waals surface area (Å²) >= 11 is 6.84. The van der Waals surface area contributed by atoms with Gasteiger partial charge in [-0.2, -0.15) is 0 Å². The Labute approximate surface area is 116 Å². The Balaban J connectivity index is 2.40. The summed E-state index contributed by atoms with van der Waals surface area (Å²) in [6, 6.07) is 11.8. The fraction of sp³-hybridized carbons (Fsp3) is 0.0769. The molecule has 0 amide bonds. The minimum Gasteiger partial charge on any atom is -0.320 e. The van der Waals surface area contributed by atoms with Gasteiger partial charge in [-0.25, -0.2) is 4.39 Å². The van der Waals surface area contributed by atoms with E-state index in [0.29, 0.717) is 0 Å². The first-order chi connectivity index (χ1) is 8.08. The quantitative estimate of drug-likeness (QED) is 0.845. The molecule has 1 nitrogen and oxygen atoms in total. The molecule has 88 valence electrons. The van der Waals surface area contributed by atoms with Crippen LogP contribution in [0.2, 0.25) is 0 Å². The van der Waals surface area contributed by atoms with Crippen molar-refractivity contribution in [3.63, 3.8) is 0 Å². The number of hydrogen-bond acceptors (Lipinski definition) is 1. The normalized spacial score (nSPS) is 12.5. The fourth-order valence-corrected chi connectivity index (χ4v) is 2.93. The SMILES string of the molecule is NC(c1cccc(F)c1)c1ccc(Br)cc1Br. The van der Waals surface area contributed by atoms with Crippen LogP contribution in [0.3, 0.4) is 0 Å². The van der Waals surface area contributed by atoms with Crippen LogP contribution >= 0.6 is 31.9 Å². The zero-order valence-electron chi connectivity index (χ0n) is 8.83. The Hall–Kier alpha value is -0.710. The minimum absolute atomic E-state index is 0.272. The molecule has 2 rings (SSSR count). The van der Waals surface area contributed by atoms with Crippen LogP contribution < -0.4 is 5.73 Å². The smallest absolute Gasteiger partial charge is 0.123 e. The molecule has 0 saturated carbocycles. The second kappa shape index (κ2) is 5.29. The predicted octanol–water partition coefficient (Wildman–Crippen LogP) is 4.40. The molecule has 2 aromatic rings. The maximum absolute atomic E-state index is 13.1. The first kappa shape index (κ1) is 12.7. The summed E-state index contributed by atoms with van der Waals surface area (Å²) in [4.78, 5) is 0. The van der Waals surface area contributed by atoms with Crippen LogP contribution in [0.25, 0.3) is 0 Å². The average molecular weight is 359 g/mol. The van der Waals surface area contributed by atoms with E-state index in [-0.39, 0.29) is 11.9 Å². The molecule has 0 aromatic heterocycles. The van der Waals surface area contributed by atoms with Crippen molar-refractivity contribution >= 4 is 31.9 Å². The maximum atomic E-state index is 13.1. The molecule has 4 heteroatoms. The van der Waals surface area contributed by atoms with Crippen molar-refractivity contribution in [1.29, 1.82) is 0 Å². The topological polar surface area (TPSA) is 26.0 Å². The van der Waals surface area contributed by atoms with E-state index in [9.17, 15) is 4.39 Å². The van der Waals surface area contributed by atoms with E-state index in [1.807, 2.05) is 24.3 Å². The van der Waals surface area contributed by atoms with Gasteiger partial charge < -0.3 is 5.73 Å². The lowest BCUT2D eigenvalue weighted by Crippen LogP contribution is -2.12. The molecule has 0 radical (unpaired) electrons. The van der Waals surface area contributed by atoms with E-state index in [4.69, 9.17) is 5.73 Å². The lowest BCUT2D eigenvalue weighted by Gasteiger charge is -2.14. The number of hydrogen-bond donors (Lipinski definition) is 1. The number of nitrogens with two attached hydrogens (primary N) is 1. The fourth-order valence-electron chi connectivity index (χ4n) is 1.63. The molecule has 17 heavy (non-hydrogen) atoms. The van der Waals surface area contributed by atoms with Crippen LogP contribution in [-0.2, 0) is 0 Å². The molecule has 1 unspecified atom stereocenters. The first-order valence-electron chi connectivity index (χ1n) is 5.04. The van der Waals surface area contributed by atoms with Gasteiger partial charge in [0.15, 0.2) is 0 Å². The Morgan fingerprint density at radius 2 is 1.82 bits per heavy atom. The van der Waals surface area contributed by atoms with Gasteiger partial charge in [-0.15, -0.1) is 0 Å². The second-order valence-electron chi connectivity index (χ2n) is 3.70. The second-order valence-corrected chi connectivity index (χ2v) is 5.47. The Morgan fingerprint density at radius 3 is 2.47 bits per heavy atom. The van der Waals surface area contributed by atoms with E-state index in [1.54, 1.807) is 6.07 Å². The van der Waals surface area contributed by atoms with Crippen molar-refractivity contribution in [2.75, 3.05) is 0 Å². The summed E-state index contributed by atoms with van der Waals surface area (Å²) in [5.74, 6) is -0.272. The Bertz CT molecular complexity index is 543. The molecule has 2 N–H and O–H groups in total. The zero-order valence-corrected chi connectivity index (χ0v) is 12.0. The molecule has 0 aliphatic heterocycles. The average Bonchev–Trinajstić information content (AvgIpc) is 2.28. The minimum atomic E-state index is -0.340. The van der Waals surface area contributed by atoms with E-state index in [2.05, 4.69) is 31.9 Å². The molecule has 0 fully saturated rings. The molecule has 1 atom stereocenters. The highest BCUT2D eigenvalue weighted by Gasteiger charge is 2.12. The molecule has 0 heterocycles. The molecular weight excluding hydrogens is 349 g/mol. The monoisotopic (exact) mass is 357 g/mol. The van der Waals surface area contributed by atoms with E-state index >= 15 is 0 Å². The van der Waals surface area contributed by atoms with Gasteiger partial charge in [0.25, 0.3) is 0 Å². The van der Waals surface area contributed by atoms with Crippen LogP contribution in [0, 0.1) is 5.82 Å². The van der Waals surface area contributed by atoms with Gasteiger partial charge >= 0.3 is 0 Å². The summed E-state index contributed by atoms with van der Waals surface area (Å²) in [6.45, 7) is 0. The Kier molecular flexibility index (Phi) is 3.97. The van der Waals surface area contributed by atoms with Gasteiger partial charge in [-0.3, -0.25) is 0 Å². The van der Waals surface area contributed by atoms with E-state index in [1.165, 1.54) is 12.1 Å². The lowest BCUT2D eigenvalue weighted by atomic mass is 10.00. The highest BCUT2D eigenvalue weighted by Crippen LogP contribution is 2.29. The van der Waals surface area contributed by atoms with Crippen LogP contribution in [0.5, 0.6) is 0 Å².